The van der Waals surface area contributed by atoms with Gasteiger partial charge in [0.15, 0.2) is 5.54 Å². The van der Waals surface area contributed by atoms with Crippen LogP contribution >= 0.6 is 0 Å². The molecule has 2 aliphatic carbocycles. The number of carbonyl (C=O) groups excluding carboxylic acids is 2. The average molecular weight is 481 g/mol. The molecule has 186 valence electrons. The van der Waals surface area contributed by atoms with Gasteiger partial charge >= 0.3 is 12.1 Å². The maximum Gasteiger partial charge on any atom is 0.407 e. The molecule has 0 aliphatic heterocycles. The van der Waals surface area contributed by atoms with Gasteiger partial charge in [0.05, 0.1) is 6.61 Å². The summed E-state index contributed by atoms with van der Waals surface area (Å²) in [7, 11) is 1.39. The third-order valence-corrected chi connectivity index (χ3v) is 7.07. The highest BCUT2D eigenvalue weighted by Gasteiger charge is 2.37. The van der Waals surface area contributed by atoms with Gasteiger partial charge in [0.25, 0.3) is 0 Å². The lowest BCUT2D eigenvalue weighted by Gasteiger charge is -2.27. The number of benzene rings is 2. The van der Waals surface area contributed by atoms with E-state index >= 15 is 0 Å². The van der Waals surface area contributed by atoms with Gasteiger partial charge in [-0.1, -0.05) is 55.0 Å². The summed E-state index contributed by atoms with van der Waals surface area (Å²) in [5, 5.41) is 15.0. The number of methoxy groups -OCH3 is 1. The van der Waals surface area contributed by atoms with Crippen LogP contribution in [0.2, 0.25) is 0 Å². The van der Waals surface area contributed by atoms with Gasteiger partial charge in [-0.05, 0) is 47.9 Å². The number of hydrogen-bond acceptors (Lipinski definition) is 5. The van der Waals surface area contributed by atoms with Crippen molar-refractivity contribution in [3.05, 3.63) is 59.7 Å². The van der Waals surface area contributed by atoms with Crippen molar-refractivity contribution < 1.29 is 29.0 Å². The van der Waals surface area contributed by atoms with Crippen molar-refractivity contribution in [3.63, 3.8) is 0 Å². The Bertz CT molecular complexity index is 1060. The minimum atomic E-state index is -1.50. The smallest absolute Gasteiger partial charge is 0.407 e. The Morgan fingerprint density at radius 2 is 1.66 bits per heavy atom. The zero-order chi connectivity index (χ0) is 25.0. The second kappa shape index (κ2) is 10.5. The van der Waals surface area contributed by atoms with Crippen LogP contribution in [0.1, 0.15) is 49.7 Å². The summed E-state index contributed by atoms with van der Waals surface area (Å²) in [5.41, 5.74) is 3.13. The number of nitrogens with one attached hydrogen (secondary N) is 2. The molecule has 4 rings (SSSR count). The van der Waals surface area contributed by atoms with E-state index in [1.165, 1.54) is 25.2 Å². The Kier molecular flexibility index (Phi) is 7.40. The summed E-state index contributed by atoms with van der Waals surface area (Å²) in [6.07, 6.45) is 2.02. The number of fused-ring (bicyclic) bond motifs is 3. The number of hydrogen-bond donors (Lipinski definition) is 3. The lowest BCUT2D eigenvalue weighted by Crippen LogP contribution is -2.55. The third-order valence-electron chi connectivity index (χ3n) is 7.07. The van der Waals surface area contributed by atoms with Gasteiger partial charge in [0.2, 0.25) is 5.91 Å². The first-order valence-corrected chi connectivity index (χ1v) is 12.0. The Morgan fingerprint density at radius 3 is 2.26 bits per heavy atom. The van der Waals surface area contributed by atoms with E-state index in [9.17, 15) is 19.5 Å². The predicted octanol–water partition coefficient (Wildman–Crippen LogP) is 3.69. The van der Waals surface area contributed by atoms with Crippen LogP contribution < -0.4 is 10.6 Å². The van der Waals surface area contributed by atoms with Crippen molar-refractivity contribution in [2.75, 3.05) is 20.3 Å². The van der Waals surface area contributed by atoms with Crippen molar-refractivity contribution >= 4 is 18.0 Å². The van der Waals surface area contributed by atoms with Crippen LogP contribution in [0.15, 0.2) is 48.5 Å². The van der Waals surface area contributed by atoms with Crippen molar-refractivity contribution in [2.24, 2.45) is 5.92 Å². The molecule has 0 bridgehead atoms. The molecular formula is C27H32N2O6. The van der Waals surface area contributed by atoms with Crippen molar-refractivity contribution in [2.45, 2.75) is 50.1 Å². The standard InChI is InChI=1S/C27H32N2O6/c1-27(16-34-2,25(31)32)29-24(30)14-17-8-7-13-23(17)28-26(33)35-15-22-20-11-5-3-9-18(20)19-10-4-6-12-21(19)22/h3-6,9-12,17,22-23H,7-8,13-16H2,1-2H3,(H,28,33)(H,29,30)(H,31,32). The van der Waals surface area contributed by atoms with E-state index in [2.05, 4.69) is 34.9 Å². The summed E-state index contributed by atoms with van der Waals surface area (Å²) in [4.78, 5) is 36.8. The first-order valence-electron chi connectivity index (χ1n) is 12.0. The fourth-order valence-electron chi connectivity index (χ4n) is 5.30. The number of ether oxygens (including phenoxy) is 2. The molecule has 0 aromatic heterocycles. The molecule has 0 heterocycles. The molecule has 0 radical (unpaired) electrons. The zero-order valence-corrected chi connectivity index (χ0v) is 20.1. The summed E-state index contributed by atoms with van der Waals surface area (Å²) in [6, 6.07) is 16.1. The van der Waals surface area contributed by atoms with Crippen LogP contribution in [0.5, 0.6) is 0 Å². The van der Waals surface area contributed by atoms with Gasteiger partial charge in [-0.2, -0.15) is 0 Å². The molecule has 3 unspecified atom stereocenters. The second-order valence-electron chi connectivity index (χ2n) is 9.59. The largest absolute Gasteiger partial charge is 0.479 e. The lowest BCUT2D eigenvalue weighted by molar-refractivity contribution is -0.149. The molecular weight excluding hydrogens is 448 g/mol. The van der Waals surface area contributed by atoms with Crippen LogP contribution in [-0.2, 0) is 19.1 Å². The number of carboxylic acid groups (broad SMARTS) is 1. The van der Waals surface area contributed by atoms with Crippen LogP contribution in [0.4, 0.5) is 4.79 Å². The molecule has 1 saturated carbocycles. The molecule has 35 heavy (non-hydrogen) atoms. The van der Waals surface area contributed by atoms with Crippen LogP contribution in [0.25, 0.3) is 11.1 Å². The molecule has 1 fully saturated rings. The summed E-state index contributed by atoms with van der Waals surface area (Å²) in [6.45, 7) is 1.50. The Hall–Kier alpha value is -3.39. The molecule has 3 N–H and O–H groups in total. The number of carbonyl (C=O) groups is 3. The van der Waals surface area contributed by atoms with Crippen molar-refractivity contribution in [1.29, 1.82) is 0 Å². The maximum atomic E-state index is 12.7. The first kappa shape index (κ1) is 24.7. The fourth-order valence-corrected chi connectivity index (χ4v) is 5.30. The van der Waals surface area contributed by atoms with E-state index in [1.807, 2.05) is 24.3 Å². The third kappa shape index (κ3) is 5.32. The number of rotatable bonds is 9. The maximum absolute atomic E-state index is 12.7. The minimum absolute atomic E-state index is 0.0206. The molecule has 0 saturated heterocycles. The van der Waals surface area contributed by atoms with Gasteiger partial charge in [-0.15, -0.1) is 0 Å². The molecule has 3 atom stereocenters. The number of aliphatic carboxylic acids is 1. The summed E-state index contributed by atoms with van der Waals surface area (Å²) >= 11 is 0. The Balaban J connectivity index is 1.33. The van der Waals surface area contributed by atoms with Gasteiger partial charge in [0.1, 0.15) is 6.61 Å². The van der Waals surface area contributed by atoms with E-state index in [0.29, 0.717) is 0 Å². The van der Waals surface area contributed by atoms with Crippen molar-refractivity contribution in [3.8, 4) is 11.1 Å². The Labute approximate surface area is 205 Å². The van der Waals surface area contributed by atoms with Gasteiger partial charge < -0.3 is 25.2 Å². The second-order valence-corrected chi connectivity index (χ2v) is 9.59. The van der Waals surface area contributed by atoms with E-state index in [4.69, 9.17) is 9.47 Å². The molecule has 8 nitrogen and oxygen atoms in total. The molecule has 2 aromatic carbocycles. The number of amides is 2. The van der Waals surface area contributed by atoms with Gasteiger partial charge in [0, 0.05) is 25.5 Å². The first-order chi connectivity index (χ1) is 16.8. The molecule has 0 spiro atoms. The quantitative estimate of drug-likeness (QED) is 0.504. The summed E-state index contributed by atoms with van der Waals surface area (Å²) in [5.74, 6) is -1.64. The van der Waals surface area contributed by atoms with Crippen LogP contribution in [0.3, 0.4) is 0 Å². The Morgan fingerprint density at radius 1 is 1.03 bits per heavy atom. The van der Waals surface area contributed by atoms with E-state index in [0.717, 1.165) is 30.4 Å². The van der Waals surface area contributed by atoms with E-state index < -0.39 is 17.6 Å². The van der Waals surface area contributed by atoms with Crippen LogP contribution in [0, 0.1) is 5.92 Å². The zero-order valence-electron chi connectivity index (χ0n) is 20.1. The van der Waals surface area contributed by atoms with Crippen LogP contribution in [-0.4, -0.2) is 55.0 Å². The highest BCUT2D eigenvalue weighted by atomic mass is 16.5. The van der Waals surface area contributed by atoms with Gasteiger partial charge in [-0.25, -0.2) is 9.59 Å². The average Bonchev–Trinajstić information content (AvgIpc) is 3.39. The minimum Gasteiger partial charge on any atom is -0.479 e. The topological polar surface area (TPSA) is 114 Å². The predicted molar refractivity (Wildman–Crippen MR) is 130 cm³/mol. The SMILES string of the molecule is COCC(C)(NC(=O)CC1CCCC1NC(=O)OCC1c2ccccc2-c2ccccc21)C(=O)O. The van der Waals surface area contributed by atoms with Crippen molar-refractivity contribution in [1.82, 2.24) is 10.6 Å². The highest BCUT2D eigenvalue weighted by Crippen LogP contribution is 2.44. The normalized spacial score (nSPS) is 20.4. The monoisotopic (exact) mass is 480 g/mol. The fraction of sp³-hybridized carbons (Fsp3) is 0.444. The summed E-state index contributed by atoms with van der Waals surface area (Å²) < 4.78 is 10.6. The van der Waals surface area contributed by atoms with E-state index in [-0.39, 0.29) is 43.4 Å². The highest BCUT2D eigenvalue weighted by molar-refractivity contribution is 5.87. The van der Waals surface area contributed by atoms with Gasteiger partial charge in [-0.3, -0.25) is 4.79 Å². The lowest BCUT2D eigenvalue weighted by atomic mass is 9.97. The molecule has 2 aliphatic rings. The van der Waals surface area contributed by atoms with E-state index in [1.54, 1.807) is 0 Å². The molecule has 2 aromatic rings. The molecule has 8 heteroatoms. The number of alkyl carbamates (subject to hydrolysis) is 1. The molecule has 2 amide bonds. The number of carboxylic acids is 1.